The van der Waals surface area contributed by atoms with Crippen molar-refractivity contribution in [2.75, 3.05) is 5.32 Å². The summed E-state index contributed by atoms with van der Waals surface area (Å²) < 4.78 is 13.2. The second kappa shape index (κ2) is 5.67. The Morgan fingerprint density at radius 3 is 2.44 bits per heavy atom. The van der Waals surface area contributed by atoms with Crippen LogP contribution in [0, 0.1) is 12.7 Å². The van der Waals surface area contributed by atoms with E-state index >= 15 is 0 Å². The molecule has 0 aromatic heterocycles. The Morgan fingerprint density at radius 1 is 1.06 bits per heavy atom. The van der Waals surface area contributed by atoms with Gasteiger partial charge in [0.15, 0.2) is 0 Å². The summed E-state index contributed by atoms with van der Waals surface area (Å²) in [5.74, 6) is -0.158. The number of hydrogen-bond donors (Lipinski definition) is 1. The molecule has 0 aliphatic heterocycles. The van der Waals surface area contributed by atoms with Gasteiger partial charge in [-0.3, -0.25) is 0 Å². The summed E-state index contributed by atoms with van der Waals surface area (Å²) in [5.41, 5.74) is 4.27. The first kappa shape index (κ1) is 12.6. The Balaban J connectivity index is 2.09. The van der Waals surface area contributed by atoms with E-state index in [1.807, 2.05) is 12.1 Å². The van der Waals surface area contributed by atoms with Gasteiger partial charge in [-0.25, -0.2) is 4.39 Å². The summed E-state index contributed by atoms with van der Waals surface area (Å²) in [6, 6.07) is 13.5. The van der Waals surface area contributed by atoms with Gasteiger partial charge in [0.05, 0.1) is 0 Å². The average molecular weight is 243 g/mol. The third-order valence-corrected chi connectivity index (χ3v) is 3.14. The zero-order valence-corrected chi connectivity index (χ0v) is 10.8. The summed E-state index contributed by atoms with van der Waals surface area (Å²) >= 11 is 0. The van der Waals surface area contributed by atoms with E-state index in [-0.39, 0.29) is 5.82 Å². The number of aryl methyl sites for hydroxylation is 2. The van der Waals surface area contributed by atoms with Crippen molar-refractivity contribution in [1.29, 1.82) is 0 Å². The van der Waals surface area contributed by atoms with Gasteiger partial charge >= 0.3 is 0 Å². The highest BCUT2D eigenvalue weighted by molar-refractivity contribution is 5.47. The van der Waals surface area contributed by atoms with E-state index in [0.29, 0.717) is 5.56 Å². The summed E-state index contributed by atoms with van der Waals surface area (Å²) in [4.78, 5) is 0. The molecule has 0 atom stereocenters. The maximum atomic E-state index is 13.2. The lowest BCUT2D eigenvalue weighted by Gasteiger charge is -2.11. The van der Waals surface area contributed by atoms with Crippen LogP contribution >= 0.6 is 0 Å². The van der Waals surface area contributed by atoms with Crippen LogP contribution in [0.1, 0.15) is 23.6 Å². The minimum atomic E-state index is -0.158. The number of benzene rings is 2. The molecule has 0 aliphatic rings. The molecular formula is C16H18FN. The monoisotopic (exact) mass is 243 g/mol. The second-order valence-corrected chi connectivity index (χ2v) is 4.44. The van der Waals surface area contributed by atoms with Crippen molar-refractivity contribution in [3.8, 4) is 0 Å². The highest BCUT2D eigenvalue weighted by Gasteiger charge is 2.01. The van der Waals surface area contributed by atoms with Gasteiger partial charge < -0.3 is 5.32 Å². The molecular weight excluding hydrogens is 225 g/mol. The van der Waals surface area contributed by atoms with Crippen LogP contribution in [0.2, 0.25) is 0 Å². The first-order valence-electron chi connectivity index (χ1n) is 6.27. The normalized spacial score (nSPS) is 10.4. The molecule has 2 rings (SSSR count). The number of nitrogens with one attached hydrogen (secondary N) is 1. The maximum Gasteiger partial charge on any atom is 0.126 e. The molecule has 0 unspecified atom stereocenters. The molecule has 94 valence electrons. The van der Waals surface area contributed by atoms with Crippen LogP contribution in [-0.2, 0) is 13.0 Å². The number of anilines is 1. The lowest BCUT2D eigenvalue weighted by molar-refractivity contribution is 0.618. The van der Waals surface area contributed by atoms with Gasteiger partial charge in [-0.1, -0.05) is 31.2 Å². The molecule has 0 amide bonds. The van der Waals surface area contributed by atoms with E-state index in [0.717, 1.165) is 18.7 Å². The Hall–Kier alpha value is -1.83. The standard InChI is InChI=1S/C16H18FN/c1-3-13-6-4-5-7-14(13)11-18-15-8-9-16(17)12(2)10-15/h4-10,18H,3,11H2,1-2H3. The topological polar surface area (TPSA) is 12.0 Å². The fraction of sp³-hybridized carbons (Fsp3) is 0.250. The predicted molar refractivity (Wildman–Crippen MR) is 74.3 cm³/mol. The number of rotatable bonds is 4. The highest BCUT2D eigenvalue weighted by atomic mass is 19.1. The first-order chi connectivity index (χ1) is 8.70. The molecule has 2 heteroatoms. The quantitative estimate of drug-likeness (QED) is 0.843. The molecule has 1 nitrogen and oxygen atoms in total. The van der Waals surface area contributed by atoms with Crippen molar-refractivity contribution >= 4 is 5.69 Å². The first-order valence-corrected chi connectivity index (χ1v) is 6.27. The molecule has 1 N–H and O–H groups in total. The Kier molecular flexibility index (Phi) is 3.98. The van der Waals surface area contributed by atoms with E-state index in [4.69, 9.17) is 0 Å². The van der Waals surface area contributed by atoms with Gasteiger partial charge in [-0.15, -0.1) is 0 Å². The number of halogens is 1. The van der Waals surface area contributed by atoms with E-state index in [1.165, 1.54) is 17.2 Å². The van der Waals surface area contributed by atoms with Gasteiger partial charge in [-0.05, 0) is 48.2 Å². The molecule has 0 saturated heterocycles. The van der Waals surface area contributed by atoms with Crippen molar-refractivity contribution in [3.05, 3.63) is 65.0 Å². The van der Waals surface area contributed by atoms with Gasteiger partial charge in [0, 0.05) is 12.2 Å². The van der Waals surface area contributed by atoms with E-state index in [9.17, 15) is 4.39 Å². The van der Waals surface area contributed by atoms with Gasteiger partial charge in [0.25, 0.3) is 0 Å². The van der Waals surface area contributed by atoms with Gasteiger partial charge in [0.1, 0.15) is 5.82 Å². The van der Waals surface area contributed by atoms with Gasteiger partial charge in [-0.2, -0.15) is 0 Å². The van der Waals surface area contributed by atoms with Crippen molar-refractivity contribution in [3.63, 3.8) is 0 Å². The fourth-order valence-corrected chi connectivity index (χ4v) is 2.03. The third-order valence-electron chi connectivity index (χ3n) is 3.14. The molecule has 0 heterocycles. The second-order valence-electron chi connectivity index (χ2n) is 4.44. The Labute approximate surface area is 108 Å². The molecule has 18 heavy (non-hydrogen) atoms. The maximum absolute atomic E-state index is 13.2. The largest absolute Gasteiger partial charge is 0.381 e. The summed E-state index contributed by atoms with van der Waals surface area (Å²) in [7, 11) is 0. The third kappa shape index (κ3) is 2.89. The van der Waals surface area contributed by atoms with E-state index in [1.54, 1.807) is 13.0 Å². The fourth-order valence-electron chi connectivity index (χ4n) is 2.03. The Morgan fingerprint density at radius 2 is 1.78 bits per heavy atom. The average Bonchev–Trinajstić information content (AvgIpc) is 2.40. The minimum absolute atomic E-state index is 0.158. The van der Waals surface area contributed by atoms with Crippen molar-refractivity contribution < 1.29 is 4.39 Å². The summed E-state index contributed by atoms with van der Waals surface area (Å²) in [5, 5.41) is 3.34. The molecule has 0 fully saturated rings. The lowest BCUT2D eigenvalue weighted by Crippen LogP contribution is -2.02. The molecule has 2 aromatic rings. The minimum Gasteiger partial charge on any atom is -0.381 e. The van der Waals surface area contributed by atoms with Crippen LogP contribution < -0.4 is 5.32 Å². The molecule has 2 aromatic carbocycles. The summed E-state index contributed by atoms with van der Waals surface area (Å²) in [6.45, 7) is 4.70. The SMILES string of the molecule is CCc1ccccc1CNc1ccc(F)c(C)c1. The van der Waals surface area contributed by atoms with Crippen LogP contribution in [0.15, 0.2) is 42.5 Å². The lowest BCUT2D eigenvalue weighted by atomic mass is 10.1. The van der Waals surface area contributed by atoms with E-state index < -0.39 is 0 Å². The van der Waals surface area contributed by atoms with Crippen LogP contribution in [0.25, 0.3) is 0 Å². The van der Waals surface area contributed by atoms with Crippen LogP contribution in [0.3, 0.4) is 0 Å². The van der Waals surface area contributed by atoms with Crippen LogP contribution in [-0.4, -0.2) is 0 Å². The van der Waals surface area contributed by atoms with Crippen LogP contribution in [0.5, 0.6) is 0 Å². The van der Waals surface area contributed by atoms with Crippen molar-refractivity contribution in [2.45, 2.75) is 26.8 Å². The highest BCUT2D eigenvalue weighted by Crippen LogP contribution is 2.16. The smallest absolute Gasteiger partial charge is 0.126 e. The predicted octanol–water partition coefficient (Wildman–Crippen LogP) is 4.31. The molecule has 0 radical (unpaired) electrons. The summed E-state index contributed by atoms with van der Waals surface area (Å²) in [6.07, 6.45) is 1.03. The zero-order chi connectivity index (χ0) is 13.0. The molecule has 0 bridgehead atoms. The molecule has 0 spiro atoms. The molecule has 0 saturated carbocycles. The zero-order valence-electron chi connectivity index (χ0n) is 10.8. The van der Waals surface area contributed by atoms with Crippen molar-refractivity contribution in [2.24, 2.45) is 0 Å². The Bertz CT molecular complexity index is 534. The van der Waals surface area contributed by atoms with Crippen LogP contribution in [0.4, 0.5) is 10.1 Å². The van der Waals surface area contributed by atoms with Crippen molar-refractivity contribution in [1.82, 2.24) is 0 Å². The van der Waals surface area contributed by atoms with E-state index in [2.05, 4.69) is 30.4 Å². The number of hydrogen-bond acceptors (Lipinski definition) is 1. The van der Waals surface area contributed by atoms with Gasteiger partial charge in [0.2, 0.25) is 0 Å². The molecule has 0 aliphatic carbocycles.